The van der Waals surface area contributed by atoms with E-state index in [4.69, 9.17) is 9.98 Å². The lowest BCUT2D eigenvalue weighted by Gasteiger charge is -2.11. The van der Waals surface area contributed by atoms with Gasteiger partial charge in [0.25, 0.3) is 0 Å². The van der Waals surface area contributed by atoms with Crippen molar-refractivity contribution in [1.29, 1.82) is 0 Å². The number of allylic oxidation sites excluding steroid dienone is 2. The van der Waals surface area contributed by atoms with Gasteiger partial charge in [-0.3, -0.25) is 0 Å². The molecule has 168 valence electrons. The summed E-state index contributed by atoms with van der Waals surface area (Å²) in [4.78, 5) is 13.3. The number of hydrogen-bond donors (Lipinski definition) is 3. The Labute approximate surface area is 189 Å². The molecule has 1 fully saturated rings. The zero-order valence-corrected chi connectivity index (χ0v) is 18.0. The molecule has 0 radical (unpaired) electrons. The second-order valence-electron chi connectivity index (χ2n) is 7.50. The third-order valence-corrected chi connectivity index (χ3v) is 5.93. The molecule has 2 aliphatic heterocycles. The second-order valence-corrected chi connectivity index (χ2v) is 9.06. The Bertz CT molecular complexity index is 1380. The molecule has 2 aromatic carbocycles. The van der Waals surface area contributed by atoms with E-state index in [1.165, 1.54) is 23.8 Å². The highest BCUT2D eigenvalue weighted by atomic mass is 32.2. The number of fused-ring (bicyclic) bond motifs is 1. The molecule has 0 amide bonds. The number of sulfonamides is 1. The first-order valence-electron chi connectivity index (χ1n) is 9.96. The van der Waals surface area contributed by atoms with Crippen molar-refractivity contribution in [2.75, 3.05) is 10.6 Å². The third-order valence-electron chi connectivity index (χ3n) is 5.01. The van der Waals surface area contributed by atoms with Crippen LogP contribution in [0.4, 0.5) is 27.5 Å². The van der Waals surface area contributed by atoms with Crippen LogP contribution in [0.25, 0.3) is 0 Å². The number of aromatic nitrogens is 2. The Balaban J connectivity index is 1.28. The molecular formula is C22H19FN6O3S. The lowest BCUT2D eigenvalue weighted by Crippen LogP contribution is -2.12. The fourth-order valence-electron chi connectivity index (χ4n) is 3.32. The van der Waals surface area contributed by atoms with Crippen LogP contribution in [0.2, 0.25) is 0 Å². The molecule has 0 aliphatic carbocycles. The molecule has 0 spiro atoms. The van der Waals surface area contributed by atoms with Gasteiger partial charge in [-0.25, -0.2) is 32.8 Å². The van der Waals surface area contributed by atoms with Crippen LogP contribution >= 0.6 is 0 Å². The van der Waals surface area contributed by atoms with Crippen molar-refractivity contribution < 1.29 is 17.6 Å². The van der Waals surface area contributed by atoms with Gasteiger partial charge in [0.15, 0.2) is 17.9 Å². The minimum absolute atomic E-state index is 0.0215. The van der Waals surface area contributed by atoms with Gasteiger partial charge in [-0.2, -0.15) is 4.98 Å². The Morgan fingerprint density at radius 2 is 1.94 bits per heavy atom. The van der Waals surface area contributed by atoms with Crippen LogP contribution in [0, 0.1) is 5.82 Å². The normalized spacial score (nSPS) is 16.7. The molecule has 1 aromatic heterocycles. The number of nitrogens with one attached hydrogen (secondary N) is 2. The SMILES string of the molecule is NS(=O)(=O)c1cccc(Nc2ncc(F)c(Nc3ccc(CC4=CC5ON5C=C4)cc3)n2)c1. The highest BCUT2D eigenvalue weighted by Gasteiger charge is 2.33. The quantitative estimate of drug-likeness (QED) is 0.453. The largest absolute Gasteiger partial charge is 0.338 e. The van der Waals surface area contributed by atoms with Crippen LogP contribution in [-0.4, -0.2) is 29.7 Å². The van der Waals surface area contributed by atoms with Crippen LogP contribution in [0.1, 0.15) is 5.56 Å². The summed E-state index contributed by atoms with van der Waals surface area (Å²) in [5, 5.41) is 12.7. The van der Waals surface area contributed by atoms with E-state index in [0.717, 1.165) is 18.2 Å². The number of hydroxylamine groups is 2. The van der Waals surface area contributed by atoms with Crippen LogP contribution in [0.5, 0.6) is 0 Å². The predicted octanol–water partition coefficient (Wildman–Crippen LogP) is 3.32. The Morgan fingerprint density at radius 3 is 2.70 bits per heavy atom. The van der Waals surface area contributed by atoms with E-state index in [9.17, 15) is 12.8 Å². The minimum atomic E-state index is -3.86. The number of primary sulfonamides is 1. The number of benzene rings is 2. The zero-order chi connectivity index (χ0) is 23.0. The smallest absolute Gasteiger partial charge is 0.238 e. The van der Waals surface area contributed by atoms with Gasteiger partial charge in [-0.05, 0) is 60.0 Å². The molecule has 11 heteroatoms. The summed E-state index contributed by atoms with van der Waals surface area (Å²) in [7, 11) is -3.86. The van der Waals surface area contributed by atoms with Gasteiger partial charge < -0.3 is 10.6 Å². The van der Waals surface area contributed by atoms with E-state index in [1.807, 2.05) is 36.5 Å². The molecule has 9 nitrogen and oxygen atoms in total. The summed E-state index contributed by atoms with van der Waals surface area (Å²) in [6.07, 6.45) is 7.83. The number of halogens is 1. The van der Waals surface area contributed by atoms with Crippen LogP contribution in [0.15, 0.2) is 83.5 Å². The number of nitrogens with two attached hydrogens (primary N) is 1. The van der Waals surface area contributed by atoms with Gasteiger partial charge in [-0.15, -0.1) is 0 Å². The van der Waals surface area contributed by atoms with E-state index >= 15 is 0 Å². The number of hydrogen-bond acceptors (Lipinski definition) is 8. The van der Waals surface area contributed by atoms with E-state index in [0.29, 0.717) is 11.4 Å². The van der Waals surface area contributed by atoms with Crippen molar-refractivity contribution in [3.63, 3.8) is 0 Å². The Morgan fingerprint density at radius 1 is 1.12 bits per heavy atom. The average molecular weight is 466 g/mol. The second kappa shape index (κ2) is 8.28. The first kappa shape index (κ1) is 21.1. The zero-order valence-electron chi connectivity index (χ0n) is 17.1. The molecule has 4 N–H and O–H groups in total. The molecule has 33 heavy (non-hydrogen) atoms. The summed E-state index contributed by atoms with van der Waals surface area (Å²) in [5.41, 5.74) is 3.32. The number of nitrogens with zero attached hydrogens (tertiary/aromatic N) is 3. The van der Waals surface area contributed by atoms with Gasteiger partial charge in [0.2, 0.25) is 16.0 Å². The lowest BCUT2D eigenvalue weighted by atomic mass is 10.0. The maximum Gasteiger partial charge on any atom is 0.238 e. The Kier molecular flexibility index (Phi) is 5.29. The van der Waals surface area contributed by atoms with Crippen molar-refractivity contribution >= 4 is 33.2 Å². The monoisotopic (exact) mass is 466 g/mol. The summed E-state index contributed by atoms with van der Waals surface area (Å²) >= 11 is 0. The summed E-state index contributed by atoms with van der Waals surface area (Å²) in [6, 6.07) is 13.5. The third kappa shape index (κ3) is 5.00. The van der Waals surface area contributed by atoms with Crippen molar-refractivity contribution in [1.82, 2.24) is 15.0 Å². The van der Waals surface area contributed by atoms with Gasteiger partial charge >= 0.3 is 0 Å². The van der Waals surface area contributed by atoms with Gasteiger partial charge in [0.1, 0.15) is 0 Å². The minimum Gasteiger partial charge on any atom is -0.338 e. The molecule has 5 rings (SSSR count). The number of anilines is 4. The standard InChI is InChI=1S/C22H19FN6O3S/c23-19-13-25-22(27-17-2-1-3-18(12-17)33(24,30)31)28-21(19)26-16-6-4-14(5-7-16)10-15-8-9-29-20(11-15)32-29/h1-9,11-13,20H,10H2,(H2,24,30,31)(H2,25,26,27,28). The van der Waals surface area contributed by atoms with E-state index in [1.54, 1.807) is 11.1 Å². The van der Waals surface area contributed by atoms with Crippen LogP contribution < -0.4 is 15.8 Å². The highest BCUT2D eigenvalue weighted by molar-refractivity contribution is 7.89. The molecule has 1 atom stereocenters. The van der Waals surface area contributed by atoms with E-state index < -0.39 is 15.8 Å². The van der Waals surface area contributed by atoms with Gasteiger partial charge in [0, 0.05) is 17.6 Å². The predicted molar refractivity (Wildman–Crippen MR) is 120 cm³/mol. The summed E-state index contributed by atoms with van der Waals surface area (Å²) in [5.74, 6) is -0.560. The lowest BCUT2D eigenvalue weighted by molar-refractivity contribution is 0.259. The van der Waals surface area contributed by atoms with Crippen LogP contribution in [0.3, 0.4) is 0 Å². The molecular weight excluding hydrogens is 447 g/mol. The summed E-state index contributed by atoms with van der Waals surface area (Å²) < 4.78 is 37.4. The molecule has 1 saturated heterocycles. The average Bonchev–Trinajstić information content (AvgIpc) is 3.56. The molecule has 1 unspecified atom stereocenters. The first-order chi connectivity index (χ1) is 15.8. The van der Waals surface area contributed by atoms with Crippen molar-refractivity contribution in [3.05, 3.63) is 90.0 Å². The molecule has 2 aliphatic rings. The Hall–Kier alpha value is -3.80. The molecule has 3 aromatic rings. The van der Waals surface area contributed by atoms with Crippen molar-refractivity contribution in [3.8, 4) is 0 Å². The highest BCUT2D eigenvalue weighted by Crippen LogP contribution is 2.29. The fourth-order valence-corrected chi connectivity index (χ4v) is 3.88. The maximum absolute atomic E-state index is 14.3. The number of rotatable bonds is 7. The van der Waals surface area contributed by atoms with Crippen molar-refractivity contribution in [2.45, 2.75) is 17.5 Å². The first-order valence-corrected chi connectivity index (χ1v) is 11.5. The molecule has 0 saturated carbocycles. The van der Waals surface area contributed by atoms with Crippen LogP contribution in [-0.2, 0) is 21.3 Å². The van der Waals surface area contributed by atoms with Gasteiger partial charge in [0.05, 0.1) is 11.1 Å². The van der Waals surface area contributed by atoms with Gasteiger partial charge in [-0.1, -0.05) is 18.2 Å². The maximum atomic E-state index is 14.3. The summed E-state index contributed by atoms with van der Waals surface area (Å²) in [6.45, 7) is 0. The molecule has 0 bridgehead atoms. The van der Waals surface area contributed by atoms with Crippen molar-refractivity contribution in [2.24, 2.45) is 5.14 Å². The van der Waals surface area contributed by atoms with E-state index in [2.05, 4.69) is 26.7 Å². The van der Waals surface area contributed by atoms with E-state index in [-0.39, 0.29) is 22.9 Å². The fraction of sp³-hybridized carbons (Fsp3) is 0.0909. The molecule has 3 heterocycles. The topological polar surface area (TPSA) is 126 Å².